The molecule has 0 saturated carbocycles. The van der Waals surface area contributed by atoms with Crippen LogP contribution in [0.25, 0.3) is 11.0 Å². The second-order valence-electron chi connectivity index (χ2n) is 5.08. The van der Waals surface area contributed by atoms with Crippen molar-refractivity contribution in [2.75, 3.05) is 12.4 Å². The van der Waals surface area contributed by atoms with Gasteiger partial charge in [-0.1, -0.05) is 12.1 Å². The van der Waals surface area contributed by atoms with Crippen molar-refractivity contribution in [2.45, 2.75) is 11.4 Å². The summed E-state index contributed by atoms with van der Waals surface area (Å²) in [5.41, 5.74) is 3.42. The molecule has 0 fully saturated rings. The summed E-state index contributed by atoms with van der Waals surface area (Å²) in [7, 11) is -2.01. The smallest absolute Gasteiger partial charge is 0.240 e. The topological polar surface area (TPSA) is 84.0 Å². The standard InChI is InChI=1S/C16H15BrN4O2S/c1-18-24(22,23)13-4-2-11(3-5-13)9-20-14-6-7-19-15-8-12(17)10-21-16(14)15/h2-8,10,18H,9H2,1H3,(H,19,20). The van der Waals surface area contributed by atoms with Crippen LogP contribution < -0.4 is 10.0 Å². The zero-order valence-corrected chi connectivity index (χ0v) is 15.2. The minimum atomic E-state index is -3.41. The van der Waals surface area contributed by atoms with E-state index in [0.29, 0.717) is 6.54 Å². The SMILES string of the molecule is CNS(=O)(=O)c1ccc(CNc2ccnc3cc(Br)cnc23)cc1. The summed E-state index contributed by atoms with van der Waals surface area (Å²) in [6, 6.07) is 10.5. The molecule has 0 bridgehead atoms. The van der Waals surface area contributed by atoms with Gasteiger partial charge in [-0.15, -0.1) is 0 Å². The predicted octanol–water partition coefficient (Wildman–Crippen LogP) is 2.91. The van der Waals surface area contributed by atoms with Gasteiger partial charge in [-0.2, -0.15) is 0 Å². The molecule has 1 aromatic carbocycles. The fraction of sp³-hybridized carbons (Fsp3) is 0.125. The Morgan fingerprint density at radius 2 is 1.88 bits per heavy atom. The first-order valence-corrected chi connectivity index (χ1v) is 9.44. The molecule has 2 aromatic heterocycles. The van der Waals surface area contributed by atoms with Crippen LogP contribution in [-0.2, 0) is 16.6 Å². The lowest BCUT2D eigenvalue weighted by Gasteiger charge is -2.09. The van der Waals surface area contributed by atoms with Crippen LogP contribution in [0.1, 0.15) is 5.56 Å². The highest BCUT2D eigenvalue weighted by molar-refractivity contribution is 9.10. The lowest BCUT2D eigenvalue weighted by atomic mass is 10.2. The van der Waals surface area contributed by atoms with Crippen molar-refractivity contribution in [1.29, 1.82) is 0 Å². The molecule has 0 radical (unpaired) electrons. The fourth-order valence-corrected chi connectivity index (χ4v) is 3.30. The highest BCUT2D eigenvalue weighted by atomic mass is 79.9. The number of nitrogens with one attached hydrogen (secondary N) is 2. The van der Waals surface area contributed by atoms with E-state index in [9.17, 15) is 8.42 Å². The molecule has 3 aromatic rings. The number of rotatable bonds is 5. The highest BCUT2D eigenvalue weighted by Crippen LogP contribution is 2.22. The Morgan fingerprint density at radius 1 is 1.12 bits per heavy atom. The molecule has 0 aliphatic carbocycles. The third-order valence-electron chi connectivity index (χ3n) is 3.53. The van der Waals surface area contributed by atoms with E-state index >= 15 is 0 Å². The molecule has 8 heteroatoms. The summed E-state index contributed by atoms with van der Waals surface area (Å²) in [5, 5.41) is 3.31. The molecule has 3 rings (SSSR count). The van der Waals surface area contributed by atoms with Crippen molar-refractivity contribution in [3.8, 4) is 0 Å². The van der Waals surface area contributed by atoms with Gasteiger partial charge in [0.05, 0.1) is 16.1 Å². The first-order valence-electron chi connectivity index (χ1n) is 7.16. The van der Waals surface area contributed by atoms with Gasteiger partial charge in [0.25, 0.3) is 0 Å². The van der Waals surface area contributed by atoms with E-state index in [2.05, 4.69) is 35.9 Å². The third kappa shape index (κ3) is 3.55. The van der Waals surface area contributed by atoms with Gasteiger partial charge < -0.3 is 5.32 Å². The fourth-order valence-electron chi connectivity index (χ4n) is 2.25. The molecule has 2 N–H and O–H groups in total. The Kier molecular flexibility index (Phi) is 4.79. The molecule has 0 aliphatic heterocycles. The number of aromatic nitrogens is 2. The monoisotopic (exact) mass is 406 g/mol. The van der Waals surface area contributed by atoms with Crippen LogP contribution in [0.4, 0.5) is 5.69 Å². The van der Waals surface area contributed by atoms with E-state index in [0.717, 1.165) is 26.8 Å². The second-order valence-corrected chi connectivity index (χ2v) is 7.89. The second kappa shape index (κ2) is 6.84. The van der Waals surface area contributed by atoms with Crippen LogP contribution in [0.2, 0.25) is 0 Å². The quantitative estimate of drug-likeness (QED) is 0.680. The van der Waals surface area contributed by atoms with Gasteiger partial charge in [-0.3, -0.25) is 9.97 Å². The van der Waals surface area contributed by atoms with Gasteiger partial charge in [-0.05, 0) is 52.8 Å². The van der Waals surface area contributed by atoms with Gasteiger partial charge >= 0.3 is 0 Å². The molecule has 2 heterocycles. The molecule has 0 unspecified atom stereocenters. The van der Waals surface area contributed by atoms with Crippen LogP contribution >= 0.6 is 15.9 Å². The number of nitrogens with zero attached hydrogens (tertiary/aromatic N) is 2. The number of sulfonamides is 1. The summed E-state index contributed by atoms with van der Waals surface area (Å²) >= 11 is 3.38. The minimum Gasteiger partial charge on any atom is -0.379 e. The normalized spacial score (nSPS) is 11.6. The Balaban J connectivity index is 1.79. The van der Waals surface area contributed by atoms with Crippen LogP contribution in [0.5, 0.6) is 0 Å². The van der Waals surface area contributed by atoms with Gasteiger partial charge in [0.15, 0.2) is 0 Å². The summed E-state index contributed by atoms with van der Waals surface area (Å²) in [4.78, 5) is 8.94. The minimum absolute atomic E-state index is 0.245. The van der Waals surface area contributed by atoms with Crippen LogP contribution in [0.3, 0.4) is 0 Å². The molecular formula is C16H15BrN4O2S. The molecule has 0 spiro atoms. The summed E-state index contributed by atoms with van der Waals surface area (Å²) in [5.74, 6) is 0. The van der Waals surface area contributed by atoms with Crippen molar-refractivity contribution >= 4 is 42.7 Å². The van der Waals surface area contributed by atoms with Crippen molar-refractivity contribution in [3.05, 3.63) is 58.8 Å². The number of hydrogen-bond acceptors (Lipinski definition) is 5. The largest absolute Gasteiger partial charge is 0.379 e. The van der Waals surface area contributed by atoms with Gasteiger partial charge in [0, 0.05) is 23.4 Å². The van der Waals surface area contributed by atoms with Crippen LogP contribution in [0, 0.1) is 0 Å². The molecule has 24 heavy (non-hydrogen) atoms. The average Bonchev–Trinajstić information content (AvgIpc) is 2.60. The average molecular weight is 407 g/mol. The van der Waals surface area contributed by atoms with Crippen molar-refractivity contribution in [2.24, 2.45) is 0 Å². The highest BCUT2D eigenvalue weighted by Gasteiger charge is 2.10. The molecular weight excluding hydrogens is 392 g/mol. The summed E-state index contributed by atoms with van der Waals surface area (Å²) in [6.07, 6.45) is 3.45. The lowest BCUT2D eigenvalue weighted by molar-refractivity contribution is 0.588. The Hall–Kier alpha value is -2.03. The first kappa shape index (κ1) is 16.8. The van der Waals surface area contributed by atoms with E-state index in [1.165, 1.54) is 7.05 Å². The molecule has 0 saturated heterocycles. The number of halogens is 1. The maximum Gasteiger partial charge on any atom is 0.240 e. The van der Waals surface area contributed by atoms with Gasteiger partial charge in [0.2, 0.25) is 10.0 Å². The number of hydrogen-bond donors (Lipinski definition) is 2. The maximum atomic E-state index is 11.7. The third-order valence-corrected chi connectivity index (χ3v) is 5.39. The molecule has 0 atom stereocenters. The number of anilines is 1. The molecule has 0 aliphatic rings. The van der Waals surface area contributed by atoms with E-state index in [1.807, 2.05) is 12.1 Å². The van der Waals surface area contributed by atoms with Crippen LogP contribution in [-0.4, -0.2) is 25.4 Å². The Bertz CT molecular complexity index is 975. The van der Waals surface area contributed by atoms with Crippen molar-refractivity contribution in [3.63, 3.8) is 0 Å². The Labute approximate surface area is 148 Å². The van der Waals surface area contributed by atoms with E-state index < -0.39 is 10.0 Å². The summed E-state index contributed by atoms with van der Waals surface area (Å²) in [6.45, 7) is 0.552. The summed E-state index contributed by atoms with van der Waals surface area (Å²) < 4.78 is 26.6. The van der Waals surface area contributed by atoms with E-state index in [1.54, 1.807) is 36.7 Å². The lowest BCUT2D eigenvalue weighted by Crippen LogP contribution is -2.18. The van der Waals surface area contributed by atoms with Crippen molar-refractivity contribution in [1.82, 2.24) is 14.7 Å². The first-order chi connectivity index (χ1) is 11.5. The zero-order valence-electron chi connectivity index (χ0n) is 12.8. The molecule has 6 nitrogen and oxygen atoms in total. The van der Waals surface area contributed by atoms with Crippen molar-refractivity contribution < 1.29 is 8.42 Å². The Morgan fingerprint density at radius 3 is 2.58 bits per heavy atom. The molecule has 124 valence electrons. The van der Waals surface area contributed by atoms with E-state index in [-0.39, 0.29) is 4.90 Å². The molecule has 0 amide bonds. The zero-order chi connectivity index (χ0) is 17.2. The van der Waals surface area contributed by atoms with E-state index in [4.69, 9.17) is 0 Å². The van der Waals surface area contributed by atoms with Gasteiger partial charge in [0.1, 0.15) is 5.52 Å². The number of fused-ring (bicyclic) bond motifs is 1. The number of benzene rings is 1. The van der Waals surface area contributed by atoms with Crippen LogP contribution in [0.15, 0.2) is 58.2 Å². The number of pyridine rings is 2. The van der Waals surface area contributed by atoms with Gasteiger partial charge in [-0.25, -0.2) is 13.1 Å². The predicted molar refractivity (Wildman–Crippen MR) is 97.3 cm³/mol. The maximum absolute atomic E-state index is 11.7.